The lowest BCUT2D eigenvalue weighted by atomic mass is 9.89. The Morgan fingerprint density at radius 3 is 2.78 bits per heavy atom. The number of phenolic OH excluding ortho intramolecular Hbond substituents is 1. The normalized spacial score (nSPS) is 14.0. The lowest BCUT2D eigenvalue weighted by Gasteiger charge is -2.17. The summed E-state index contributed by atoms with van der Waals surface area (Å²) in [6.07, 6.45) is 4.22. The molecule has 1 aromatic carbocycles. The fourth-order valence-corrected chi connectivity index (χ4v) is 3.91. The Balaban J connectivity index is 1.78. The van der Waals surface area contributed by atoms with Gasteiger partial charge in [-0.2, -0.15) is 9.36 Å². The molecule has 0 radical (unpaired) electrons. The lowest BCUT2D eigenvalue weighted by Crippen LogP contribution is -2.03. The number of fused-ring (bicyclic) bond motifs is 1. The van der Waals surface area contributed by atoms with Crippen LogP contribution in [0, 0.1) is 13.8 Å². The zero-order valence-electron chi connectivity index (χ0n) is 13.1. The van der Waals surface area contributed by atoms with Crippen LogP contribution in [0.2, 0.25) is 0 Å². The van der Waals surface area contributed by atoms with Gasteiger partial charge in [-0.15, -0.1) is 0 Å². The first kappa shape index (κ1) is 14.4. The Hall–Kier alpha value is -2.21. The molecule has 3 aromatic rings. The van der Waals surface area contributed by atoms with E-state index in [1.807, 2.05) is 19.9 Å². The molecule has 0 unspecified atom stereocenters. The summed E-state index contributed by atoms with van der Waals surface area (Å²) in [5.41, 5.74) is 4.68. The molecule has 0 saturated heterocycles. The standard InChI is InChI=1S/C17H17N3O2S/c1-9-14(10(2)23-20-9)16-18-17(22-19-16)13-8-7-11-5-3-4-6-12(11)15(13)21/h7-8,21H,3-6H2,1-2H3. The maximum Gasteiger partial charge on any atom is 0.262 e. The highest BCUT2D eigenvalue weighted by molar-refractivity contribution is 7.06. The van der Waals surface area contributed by atoms with E-state index in [-0.39, 0.29) is 5.75 Å². The van der Waals surface area contributed by atoms with E-state index in [9.17, 15) is 5.11 Å². The summed E-state index contributed by atoms with van der Waals surface area (Å²) in [7, 11) is 0. The average molecular weight is 327 g/mol. The molecule has 1 aliphatic carbocycles. The molecule has 0 saturated carbocycles. The van der Waals surface area contributed by atoms with Crippen LogP contribution in [0.15, 0.2) is 16.7 Å². The summed E-state index contributed by atoms with van der Waals surface area (Å²) in [6, 6.07) is 3.94. The van der Waals surface area contributed by atoms with E-state index in [0.29, 0.717) is 17.3 Å². The lowest BCUT2D eigenvalue weighted by molar-refractivity contribution is 0.423. The first-order valence-electron chi connectivity index (χ1n) is 7.76. The number of benzene rings is 1. The van der Waals surface area contributed by atoms with E-state index in [1.165, 1.54) is 23.5 Å². The van der Waals surface area contributed by atoms with Crippen LogP contribution in [0.3, 0.4) is 0 Å². The molecule has 0 fully saturated rings. The molecule has 0 spiro atoms. The van der Waals surface area contributed by atoms with E-state index in [1.54, 1.807) is 0 Å². The summed E-state index contributed by atoms with van der Waals surface area (Å²) in [6.45, 7) is 3.93. The first-order chi connectivity index (χ1) is 11.1. The monoisotopic (exact) mass is 327 g/mol. The largest absolute Gasteiger partial charge is 0.507 e. The molecule has 5 nitrogen and oxygen atoms in total. The molecule has 0 amide bonds. The molecular formula is C17H17N3O2S. The second-order valence-electron chi connectivity index (χ2n) is 5.93. The van der Waals surface area contributed by atoms with Crippen molar-refractivity contribution in [1.82, 2.24) is 14.5 Å². The molecule has 0 bridgehead atoms. The Morgan fingerprint density at radius 2 is 2.00 bits per heavy atom. The van der Waals surface area contributed by atoms with E-state index in [0.717, 1.165) is 41.0 Å². The van der Waals surface area contributed by atoms with Gasteiger partial charge >= 0.3 is 0 Å². The van der Waals surface area contributed by atoms with Crippen LogP contribution in [-0.2, 0) is 12.8 Å². The van der Waals surface area contributed by atoms with Crippen molar-refractivity contribution in [1.29, 1.82) is 0 Å². The van der Waals surface area contributed by atoms with Crippen molar-refractivity contribution >= 4 is 11.5 Å². The quantitative estimate of drug-likeness (QED) is 0.768. The molecular weight excluding hydrogens is 310 g/mol. The molecule has 1 aliphatic rings. The first-order valence-corrected chi connectivity index (χ1v) is 8.53. The van der Waals surface area contributed by atoms with Crippen molar-refractivity contribution in [3.05, 3.63) is 33.8 Å². The molecule has 23 heavy (non-hydrogen) atoms. The van der Waals surface area contributed by atoms with Crippen LogP contribution in [0.1, 0.15) is 34.5 Å². The van der Waals surface area contributed by atoms with Crippen molar-refractivity contribution in [2.45, 2.75) is 39.5 Å². The molecule has 118 valence electrons. The average Bonchev–Trinajstić information content (AvgIpc) is 3.15. The van der Waals surface area contributed by atoms with E-state index >= 15 is 0 Å². The van der Waals surface area contributed by atoms with Gasteiger partial charge in [0, 0.05) is 4.88 Å². The molecule has 6 heteroatoms. The highest BCUT2D eigenvalue weighted by atomic mass is 32.1. The third kappa shape index (κ3) is 2.34. The summed E-state index contributed by atoms with van der Waals surface area (Å²) in [4.78, 5) is 5.54. The van der Waals surface area contributed by atoms with Crippen LogP contribution < -0.4 is 0 Å². The maximum absolute atomic E-state index is 10.6. The van der Waals surface area contributed by atoms with Crippen molar-refractivity contribution < 1.29 is 9.63 Å². The van der Waals surface area contributed by atoms with Gasteiger partial charge in [0.25, 0.3) is 5.89 Å². The predicted molar refractivity (Wildman–Crippen MR) is 88.6 cm³/mol. The number of hydrogen-bond donors (Lipinski definition) is 1. The number of rotatable bonds is 2. The van der Waals surface area contributed by atoms with Gasteiger partial charge in [-0.1, -0.05) is 11.2 Å². The number of nitrogens with zero attached hydrogens (tertiary/aromatic N) is 3. The Morgan fingerprint density at radius 1 is 1.17 bits per heavy atom. The van der Waals surface area contributed by atoms with Gasteiger partial charge in [0.05, 0.1) is 16.8 Å². The smallest absolute Gasteiger partial charge is 0.262 e. The van der Waals surface area contributed by atoms with Crippen LogP contribution in [-0.4, -0.2) is 19.6 Å². The highest BCUT2D eigenvalue weighted by Gasteiger charge is 2.22. The van der Waals surface area contributed by atoms with Crippen molar-refractivity contribution in [2.75, 3.05) is 0 Å². The van der Waals surface area contributed by atoms with E-state index < -0.39 is 0 Å². The minimum atomic E-state index is 0.286. The number of phenols is 1. The Labute approximate surface area is 138 Å². The molecule has 0 aliphatic heterocycles. The second-order valence-corrected chi connectivity index (χ2v) is 6.91. The predicted octanol–water partition coefficient (Wildman–Crippen LogP) is 4.06. The van der Waals surface area contributed by atoms with E-state index in [4.69, 9.17) is 4.52 Å². The minimum absolute atomic E-state index is 0.286. The van der Waals surface area contributed by atoms with Gasteiger partial charge in [-0.25, -0.2) is 0 Å². The molecule has 0 atom stereocenters. The van der Waals surface area contributed by atoms with Crippen LogP contribution in [0.4, 0.5) is 0 Å². The van der Waals surface area contributed by atoms with E-state index in [2.05, 4.69) is 20.6 Å². The number of aromatic nitrogens is 3. The Bertz CT molecular complexity index is 863. The Kier molecular flexibility index (Phi) is 3.41. The van der Waals surface area contributed by atoms with Gasteiger partial charge in [-0.3, -0.25) is 0 Å². The summed E-state index contributed by atoms with van der Waals surface area (Å²) in [5, 5.41) is 14.7. The van der Waals surface area contributed by atoms with Gasteiger partial charge in [0.2, 0.25) is 5.82 Å². The van der Waals surface area contributed by atoms with Crippen LogP contribution in [0.5, 0.6) is 5.75 Å². The SMILES string of the molecule is Cc1nsc(C)c1-c1noc(-c2ccc3c(c2O)CCCC3)n1. The van der Waals surface area contributed by atoms with Crippen molar-refractivity contribution in [3.8, 4) is 28.6 Å². The molecule has 1 N–H and O–H groups in total. The van der Waals surface area contributed by atoms with Crippen molar-refractivity contribution in [3.63, 3.8) is 0 Å². The van der Waals surface area contributed by atoms with Crippen molar-refractivity contribution in [2.24, 2.45) is 0 Å². The second kappa shape index (κ2) is 5.45. The third-order valence-corrected chi connectivity index (χ3v) is 5.26. The summed E-state index contributed by atoms with van der Waals surface area (Å²) >= 11 is 1.43. The summed E-state index contributed by atoms with van der Waals surface area (Å²) < 4.78 is 9.73. The summed E-state index contributed by atoms with van der Waals surface area (Å²) in [5.74, 6) is 1.17. The number of aromatic hydroxyl groups is 1. The third-order valence-electron chi connectivity index (χ3n) is 4.42. The number of hydrogen-bond acceptors (Lipinski definition) is 6. The minimum Gasteiger partial charge on any atom is -0.507 e. The molecule has 2 heterocycles. The highest BCUT2D eigenvalue weighted by Crippen LogP contribution is 2.38. The fraction of sp³-hybridized carbons (Fsp3) is 0.353. The van der Waals surface area contributed by atoms with Gasteiger partial charge < -0.3 is 9.63 Å². The molecule has 4 rings (SSSR count). The maximum atomic E-state index is 10.6. The van der Waals surface area contributed by atoms with Gasteiger partial charge in [0.15, 0.2) is 0 Å². The fourth-order valence-electron chi connectivity index (χ4n) is 3.22. The van der Waals surface area contributed by atoms with Gasteiger partial charge in [0.1, 0.15) is 5.75 Å². The topological polar surface area (TPSA) is 72.0 Å². The molecule has 2 aromatic heterocycles. The van der Waals surface area contributed by atoms with Crippen LogP contribution in [0.25, 0.3) is 22.8 Å². The van der Waals surface area contributed by atoms with Gasteiger partial charge in [-0.05, 0) is 68.3 Å². The zero-order chi connectivity index (χ0) is 16.0. The zero-order valence-corrected chi connectivity index (χ0v) is 13.9. The number of aryl methyl sites for hydroxylation is 3. The van der Waals surface area contributed by atoms with Crippen LogP contribution >= 0.6 is 11.5 Å².